The Kier molecular flexibility index (Phi) is 5.13. The smallest absolute Gasteiger partial charge is 0.242 e. The first kappa shape index (κ1) is 14.9. The van der Waals surface area contributed by atoms with E-state index in [0.29, 0.717) is 6.42 Å². The van der Waals surface area contributed by atoms with Crippen LogP contribution in [-0.2, 0) is 10.0 Å². The van der Waals surface area contributed by atoms with Crippen molar-refractivity contribution >= 4 is 15.7 Å². The third-order valence-electron chi connectivity index (χ3n) is 2.70. The molecule has 4 N–H and O–H groups in total. The highest BCUT2D eigenvalue weighted by Crippen LogP contribution is 2.19. The number of sulfonamides is 1. The van der Waals surface area contributed by atoms with E-state index in [1.54, 1.807) is 12.1 Å². The maximum atomic E-state index is 12.0. The maximum Gasteiger partial charge on any atom is 0.242 e. The molecule has 5 nitrogen and oxygen atoms in total. The predicted octanol–water partition coefficient (Wildman–Crippen LogP) is 0.874. The number of aryl methyl sites for hydroxylation is 1. The van der Waals surface area contributed by atoms with Gasteiger partial charge in [-0.3, -0.25) is 0 Å². The van der Waals surface area contributed by atoms with Crippen LogP contribution in [0.5, 0.6) is 0 Å². The molecule has 0 aliphatic rings. The lowest BCUT2D eigenvalue weighted by Crippen LogP contribution is -2.29. The van der Waals surface area contributed by atoms with Crippen LogP contribution in [0, 0.1) is 12.8 Å². The van der Waals surface area contributed by atoms with E-state index < -0.39 is 10.0 Å². The van der Waals surface area contributed by atoms with Gasteiger partial charge in [0.05, 0.1) is 5.69 Å². The molecular formula is C12H20N2O3S. The Morgan fingerprint density at radius 1 is 1.44 bits per heavy atom. The number of aliphatic hydroxyl groups excluding tert-OH is 1. The number of nitrogens with one attached hydrogen (secondary N) is 1. The number of nitrogen functional groups attached to an aromatic ring is 1. The largest absolute Gasteiger partial charge is 0.398 e. The van der Waals surface area contributed by atoms with Gasteiger partial charge in [0, 0.05) is 13.2 Å². The van der Waals surface area contributed by atoms with Crippen LogP contribution in [0.1, 0.15) is 18.9 Å². The van der Waals surface area contributed by atoms with Gasteiger partial charge in [0.25, 0.3) is 0 Å². The molecule has 0 bridgehead atoms. The second-order valence-electron chi connectivity index (χ2n) is 4.51. The third kappa shape index (κ3) is 3.97. The van der Waals surface area contributed by atoms with Gasteiger partial charge in [0.15, 0.2) is 0 Å². The van der Waals surface area contributed by atoms with Gasteiger partial charge in [-0.2, -0.15) is 0 Å². The van der Waals surface area contributed by atoms with Gasteiger partial charge in [0.2, 0.25) is 10.0 Å². The van der Waals surface area contributed by atoms with Crippen molar-refractivity contribution in [2.45, 2.75) is 25.2 Å². The molecule has 0 aliphatic heterocycles. The highest BCUT2D eigenvalue weighted by molar-refractivity contribution is 7.89. The van der Waals surface area contributed by atoms with Gasteiger partial charge in [-0.05, 0) is 37.0 Å². The number of rotatable bonds is 6. The molecule has 6 heteroatoms. The lowest BCUT2D eigenvalue weighted by Gasteiger charge is -2.13. The molecule has 1 atom stereocenters. The minimum atomic E-state index is -3.58. The molecule has 0 radical (unpaired) electrons. The summed E-state index contributed by atoms with van der Waals surface area (Å²) in [6.45, 7) is 4.06. The molecular weight excluding hydrogens is 252 g/mol. The average Bonchev–Trinajstić information content (AvgIpc) is 2.26. The second-order valence-corrected chi connectivity index (χ2v) is 6.25. The van der Waals surface area contributed by atoms with Crippen molar-refractivity contribution in [2.75, 3.05) is 18.9 Å². The SMILES string of the molecule is Cc1ccc(S(=O)(=O)NCC(C)CCO)c(N)c1. The average molecular weight is 272 g/mol. The Morgan fingerprint density at radius 2 is 2.11 bits per heavy atom. The zero-order chi connectivity index (χ0) is 13.8. The van der Waals surface area contributed by atoms with E-state index in [2.05, 4.69) is 4.72 Å². The molecule has 1 rings (SSSR count). The van der Waals surface area contributed by atoms with Crippen molar-refractivity contribution < 1.29 is 13.5 Å². The van der Waals surface area contributed by atoms with Gasteiger partial charge in [-0.15, -0.1) is 0 Å². The van der Waals surface area contributed by atoms with Crippen molar-refractivity contribution in [1.29, 1.82) is 0 Å². The van der Waals surface area contributed by atoms with Crippen molar-refractivity contribution in [3.63, 3.8) is 0 Å². The number of benzene rings is 1. The molecule has 0 amide bonds. The molecule has 0 fully saturated rings. The molecule has 102 valence electrons. The summed E-state index contributed by atoms with van der Waals surface area (Å²) in [5.74, 6) is 0.0800. The zero-order valence-corrected chi connectivity index (χ0v) is 11.5. The number of anilines is 1. The monoisotopic (exact) mass is 272 g/mol. The van der Waals surface area contributed by atoms with Crippen molar-refractivity contribution in [3.8, 4) is 0 Å². The summed E-state index contributed by atoms with van der Waals surface area (Å²) in [4.78, 5) is 0.101. The van der Waals surface area contributed by atoms with Crippen LogP contribution in [0.3, 0.4) is 0 Å². The fraction of sp³-hybridized carbons (Fsp3) is 0.500. The third-order valence-corrected chi connectivity index (χ3v) is 4.20. The van der Waals surface area contributed by atoms with E-state index in [1.807, 2.05) is 13.8 Å². The van der Waals surface area contributed by atoms with E-state index in [4.69, 9.17) is 10.8 Å². The summed E-state index contributed by atoms with van der Waals surface area (Å²) in [5.41, 5.74) is 6.88. The van der Waals surface area contributed by atoms with Crippen molar-refractivity contribution in [2.24, 2.45) is 5.92 Å². The number of aliphatic hydroxyl groups is 1. The van der Waals surface area contributed by atoms with E-state index in [-0.39, 0.29) is 29.7 Å². The summed E-state index contributed by atoms with van der Waals surface area (Å²) in [6.07, 6.45) is 0.561. The zero-order valence-electron chi connectivity index (χ0n) is 10.7. The van der Waals surface area contributed by atoms with Crippen LogP contribution in [0.2, 0.25) is 0 Å². The normalized spacial score (nSPS) is 13.5. The lowest BCUT2D eigenvalue weighted by atomic mass is 10.1. The summed E-state index contributed by atoms with van der Waals surface area (Å²) in [6, 6.07) is 4.84. The number of hydrogen-bond donors (Lipinski definition) is 3. The van der Waals surface area contributed by atoms with E-state index in [9.17, 15) is 8.42 Å². The molecule has 1 aromatic carbocycles. The minimum absolute atomic E-state index is 0.0512. The first-order chi connectivity index (χ1) is 8.36. The molecule has 0 spiro atoms. The van der Waals surface area contributed by atoms with Gasteiger partial charge in [0.1, 0.15) is 4.90 Å². The Labute approximate surface area is 108 Å². The number of hydrogen-bond acceptors (Lipinski definition) is 4. The van der Waals surface area contributed by atoms with Crippen LogP contribution in [-0.4, -0.2) is 26.7 Å². The fourth-order valence-corrected chi connectivity index (χ4v) is 2.84. The van der Waals surface area contributed by atoms with Gasteiger partial charge in [-0.1, -0.05) is 13.0 Å². The van der Waals surface area contributed by atoms with Crippen LogP contribution in [0.25, 0.3) is 0 Å². The van der Waals surface area contributed by atoms with Crippen molar-refractivity contribution in [1.82, 2.24) is 4.72 Å². The van der Waals surface area contributed by atoms with Crippen LogP contribution in [0.15, 0.2) is 23.1 Å². The Balaban J connectivity index is 2.80. The Bertz CT molecular complexity index is 500. The van der Waals surface area contributed by atoms with Crippen LogP contribution >= 0.6 is 0 Å². The van der Waals surface area contributed by atoms with Crippen molar-refractivity contribution in [3.05, 3.63) is 23.8 Å². The quantitative estimate of drug-likeness (QED) is 0.670. The van der Waals surface area contributed by atoms with Gasteiger partial charge < -0.3 is 10.8 Å². The van der Waals surface area contributed by atoms with E-state index in [1.165, 1.54) is 6.07 Å². The first-order valence-corrected chi connectivity index (χ1v) is 7.32. The highest BCUT2D eigenvalue weighted by atomic mass is 32.2. The topological polar surface area (TPSA) is 92.4 Å². The van der Waals surface area contributed by atoms with Gasteiger partial charge >= 0.3 is 0 Å². The second kappa shape index (κ2) is 6.17. The maximum absolute atomic E-state index is 12.0. The summed E-state index contributed by atoms with van der Waals surface area (Å²) >= 11 is 0. The summed E-state index contributed by atoms with van der Waals surface area (Å²) in [7, 11) is -3.58. The fourth-order valence-electron chi connectivity index (χ4n) is 1.56. The molecule has 18 heavy (non-hydrogen) atoms. The first-order valence-electron chi connectivity index (χ1n) is 5.83. The molecule has 0 aromatic heterocycles. The molecule has 1 unspecified atom stereocenters. The molecule has 0 saturated heterocycles. The molecule has 0 aliphatic carbocycles. The standard InChI is InChI=1S/C12H20N2O3S/c1-9-3-4-12(11(13)7-9)18(16,17)14-8-10(2)5-6-15/h3-4,7,10,14-15H,5-6,8,13H2,1-2H3. The van der Waals surface area contributed by atoms with E-state index in [0.717, 1.165) is 5.56 Å². The van der Waals surface area contributed by atoms with Crippen LogP contribution < -0.4 is 10.5 Å². The Hall–Kier alpha value is -1.11. The number of nitrogens with two attached hydrogens (primary N) is 1. The molecule has 1 aromatic rings. The summed E-state index contributed by atoms with van der Waals surface area (Å²) < 4.78 is 26.5. The predicted molar refractivity (Wildman–Crippen MR) is 71.6 cm³/mol. The lowest BCUT2D eigenvalue weighted by molar-refractivity contribution is 0.263. The summed E-state index contributed by atoms with van der Waals surface area (Å²) in [5, 5.41) is 8.76. The highest BCUT2D eigenvalue weighted by Gasteiger charge is 2.17. The van der Waals surface area contributed by atoms with E-state index >= 15 is 0 Å². The van der Waals surface area contributed by atoms with Gasteiger partial charge in [-0.25, -0.2) is 13.1 Å². The van der Waals surface area contributed by atoms with Crippen LogP contribution in [0.4, 0.5) is 5.69 Å². The molecule has 0 heterocycles. The Morgan fingerprint density at radius 3 is 2.67 bits per heavy atom. The minimum Gasteiger partial charge on any atom is -0.398 e. The molecule has 0 saturated carbocycles.